The molecular weight excluding hydrogens is 290 g/mol. The summed E-state index contributed by atoms with van der Waals surface area (Å²) in [6.45, 7) is 1.77. The van der Waals surface area contributed by atoms with Gasteiger partial charge in [-0.2, -0.15) is 0 Å². The molecule has 0 atom stereocenters. The monoisotopic (exact) mass is 301 g/mol. The van der Waals surface area contributed by atoms with Gasteiger partial charge in [-0.3, -0.25) is 4.79 Å². The number of aromatic nitrogens is 1. The largest absolute Gasteiger partial charge is 0.441 e. The van der Waals surface area contributed by atoms with Crippen LogP contribution in [-0.2, 0) is 0 Å². The van der Waals surface area contributed by atoms with Crippen molar-refractivity contribution in [2.24, 2.45) is 0 Å². The first-order valence-electron chi connectivity index (χ1n) is 6.26. The fourth-order valence-electron chi connectivity index (χ4n) is 1.99. The maximum atomic E-state index is 12.2. The Balaban J connectivity index is 1.86. The number of rotatable bonds is 2. The Hall–Kier alpha value is -2.53. The van der Waals surface area contributed by atoms with Gasteiger partial charge in [0, 0.05) is 18.2 Å². The number of nitrogens with zero attached hydrogens (tertiary/aromatic N) is 1. The minimum Gasteiger partial charge on any atom is -0.441 e. The van der Waals surface area contributed by atoms with E-state index < -0.39 is 0 Å². The molecule has 0 fully saturated rings. The minimum atomic E-state index is -0.267. The van der Waals surface area contributed by atoms with Crippen LogP contribution in [0, 0.1) is 6.92 Å². The molecule has 1 aromatic heterocycles. The number of aryl methyl sites for hydroxylation is 1. The van der Waals surface area contributed by atoms with Crippen molar-refractivity contribution < 1.29 is 9.21 Å². The predicted octanol–water partition coefficient (Wildman–Crippen LogP) is 3.62. The van der Waals surface area contributed by atoms with Gasteiger partial charge >= 0.3 is 0 Å². The second-order valence-electron chi connectivity index (χ2n) is 4.61. The number of amides is 1. The molecule has 21 heavy (non-hydrogen) atoms. The molecule has 1 heterocycles. The van der Waals surface area contributed by atoms with Gasteiger partial charge < -0.3 is 15.5 Å². The molecule has 3 aromatic rings. The average Bonchev–Trinajstić information content (AvgIpc) is 2.81. The lowest BCUT2D eigenvalue weighted by Crippen LogP contribution is -2.11. The number of nitrogens with one attached hydrogen (secondary N) is 1. The number of oxazole rings is 1. The van der Waals surface area contributed by atoms with E-state index in [4.69, 9.17) is 21.8 Å². The van der Waals surface area contributed by atoms with E-state index >= 15 is 0 Å². The van der Waals surface area contributed by atoms with Gasteiger partial charge in [-0.25, -0.2) is 4.98 Å². The third-order valence-corrected chi connectivity index (χ3v) is 3.34. The second-order valence-corrected chi connectivity index (χ2v) is 5.01. The lowest BCUT2D eigenvalue weighted by molar-refractivity contribution is 0.102. The molecule has 0 unspecified atom stereocenters. The smallest absolute Gasteiger partial charge is 0.255 e. The number of carbonyl (C=O) groups is 1. The van der Waals surface area contributed by atoms with Crippen LogP contribution in [-0.4, -0.2) is 10.9 Å². The zero-order valence-electron chi connectivity index (χ0n) is 11.2. The molecule has 1 amide bonds. The molecule has 3 N–H and O–H groups in total. The van der Waals surface area contributed by atoms with E-state index in [-0.39, 0.29) is 5.91 Å². The maximum Gasteiger partial charge on any atom is 0.255 e. The molecule has 0 bridgehead atoms. The average molecular weight is 302 g/mol. The van der Waals surface area contributed by atoms with Crippen molar-refractivity contribution in [1.29, 1.82) is 0 Å². The van der Waals surface area contributed by atoms with Gasteiger partial charge in [0.25, 0.3) is 5.91 Å². The highest BCUT2D eigenvalue weighted by molar-refractivity contribution is 6.33. The van der Waals surface area contributed by atoms with Crippen molar-refractivity contribution in [3.63, 3.8) is 0 Å². The number of nitrogen functional groups attached to an aromatic ring is 1. The maximum absolute atomic E-state index is 12.2. The van der Waals surface area contributed by atoms with Gasteiger partial charge in [0.15, 0.2) is 11.5 Å². The van der Waals surface area contributed by atoms with Crippen LogP contribution in [0.3, 0.4) is 0 Å². The Bertz CT molecular complexity index is 842. The summed E-state index contributed by atoms with van der Waals surface area (Å²) < 4.78 is 5.39. The molecule has 106 valence electrons. The first-order valence-corrected chi connectivity index (χ1v) is 6.64. The van der Waals surface area contributed by atoms with E-state index in [2.05, 4.69) is 10.3 Å². The van der Waals surface area contributed by atoms with Gasteiger partial charge in [0.2, 0.25) is 0 Å². The molecule has 5 nitrogen and oxygen atoms in total. The van der Waals surface area contributed by atoms with E-state index in [0.29, 0.717) is 39.0 Å². The quantitative estimate of drug-likeness (QED) is 0.708. The summed E-state index contributed by atoms with van der Waals surface area (Å²) >= 11 is 5.91. The lowest BCUT2D eigenvalue weighted by atomic mass is 10.2. The Morgan fingerprint density at radius 2 is 2.10 bits per heavy atom. The number of anilines is 2. The summed E-state index contributed by atoms with van der Waals surface area (Å²) in [5, 5.41) is 3.14. The van der Waals surface area contributed by atoms with Crippen molar-refractivity contribution >= 4 is 40.0 Å². The highest BCUT2D eigenvalue weighted by Gasteiger charge is 2.09. The summed E-state index contributed by atoms with van der Waals surface area (Å²) in [6.07, 6.45) is 0. The Kier molecular flexibility index (Phi) is 3.27. The zero-order chi connectivity index (χ0) is 15.0. The molecule has 0 aliphatic carbocycles. The van der Waals surface area contributed by atoms with Crippen LogP contribution in [0.1, 0.15) is 16.2 Å². The highest BCUT2D eigenvalue weighted by atomic mass is 35.5. The van der Waals surface area contributed by atoms with E-state index in [0.717, 1.165) is 0 Å². The number of fused-ring (bicyclic) bond motifs is 1. The molecular formula is C15H12ClN3O2. The number of hydrogen-bond donors (Lipinski definition) is 2. The Morgan fingerprint density at radius 3 is 2.86 bits per heavy atom. The summed E-state index contributed by atoms with van der Waals surface area (Å²) in [7, 11) is 0. The Labute approximate surface area is 125 Å². The van der Waals surface area contributed by atoms with Gasteiger partial charge in [-0.05, 0) is 36.4 Å². The van der Waals surface area contributed by atoms with Crippen LogP contribution >= 0.6 is 11.6 Å². The fourth-order valence-corrected chi connectivity index (χ4v) is 2.17. The van der Waals surface area contributed by atoms with E-state index in [1.807, 2.05) is 0 Å². The van der Waals surface area contributed by atoms with Crippen LogP contribution in [0.2, 0.25) is 5.02 Å². The van der Waals surface area contributed by atoms with Crippen LogP contribution in [0.4, 0.5) is 11.4 Å². The molecule has 3 rings (SSSR count). The molecule has 0 saturated heterocycles. The summed E-state index contributed by atoms with van der Waals surface area (Å²) in [6, 6.07) is 10.0. The summed E-state index contributed by atoms with van der Waals surface area (Å²) in [5.41, 5.74) is 8.51. The molecule has 0 spiro atoms. The fraction of sp³-hybridized carbons (Fsp3) is 0.0667. The van der Waals surface area contributed by atoms with Crippen LogP contribution in [0.25, 0.3) is 11.1 Å². The van der Waals surface area contributed by atoms with Gasteiger partial charge in [0.1, 0.15) is 5.52 Å². The van der Waals surface area contributed by atoms with Crippen LogP contribution < -0.4 is 11.1 Å². The van der Waals surface area contributed by atoms with Gasteiger partial charge in [0.05, 0.1) is 10.7 Å². The first kappa shape index (κ1) is 13.5. The lowest BCUT2D eigenvalue weighted by Gasteiger charge is -2.06. The third kappa shape index (κ3) is 2.68. The van der Waals surface area contributed by atoms with E-state index in [1.54, 1.807) is 37.3 Å². The zero-order valence-corrected chi connectivity index (χ0v) is 11.9. The predicted molar refractivity (Wildman–Crippen MR) is 82.6 cm³/mol. The summed E-state index contributed by atoms with van der Waals surface area (Å²) in [4.78, 5) is 16.4. The van der Waals surface area contributed by atoms with E-state index in [9.17, 15) is 4.79 Å². The van der Waals surface area contributed by atoms with Crippen molar-refractivity contribution in [3.05, 3.63) is 52.9 Å². The van der Waals surface area contributed by atoms with E-state index in [1.165, 1.54) is 6.07 Å². The van der Waals surface area contributed by atoms with Crippen molar-refractivity contribution in [2.75, 3.05) is 11.1 Å². The standard InChI is InChI=1S/C15H12ClN3O2/c1-8-18-13-7-10(3-5-14(13)21-8)19-15(20)9-2-4-12(17)11(16)6-9/h2-7H,17H2,1H3,(H,19,20). The third-order valence-electron chi connectivity index (χ3n) is 3.02. The highest BCUT2D eigenvalue weighted by Crippen LogP contribution is 2.22. The normalized spacial score (nSPS) is 10.8. The summed E-state index contributed by atoms with van der Waals surface area (Å²) in [5.74, 6) is 0.315. The molecule has 6 heteroatoms. The number of carbonyl (C=O) groups excluding carboxylic acids is 1. The van der Waals surface area contributed by atoms with Crippen molar-refractivity contribution in [3.8, 4) is 0 Å². The van der Waals surface area contributed by atoms with Crippen molar-refractivity contribution in [1.82, 2.24) is 4.98 Å². The second kappa shape index (κ2) is 5.10. The SMILES string of the molecule is Cc1nc2cc(NC(=O)c3ccc(N)c(Cl)c3)ccc2o1. The molecule has 0 radical (unpaired) electrons. The molecule has 0 aliphatic heterocycles. The van der Waals surface area contributed by atoms with Crippen LogP contribution in [0.15, 0.2) is 40.8 Å². The number of hydrogen-bond acceptors (Lipinski definition) is 4. The topological polar surface area (TPSA) is 81.2 Å². The van der Waals surface area contributed by atoms with Gasteiger partial charge in [-0.15, -0.1) is 0 Å². The number of benzene rings is 2. The minimum absolute atomic E-state index is 0.267. The molecule has 0 aliphatic rings. The van der Waals surface area contributed by atoms with Crippen LogP contribution in [0.5, 0.6) is 0 Å². The number of halogens is 1. The molecule has 0 saturated carbocycles. The first-order chi connectivity index (χ1) is 10.0. The molecule has 2 aromatic carbocycles. The number of nitrogens with two attached hydrogens (primary N) is 1. The Morgan fingerprint density at radius 1 is 1.29 bits per heavy atom. The van der Waals surface area contributed by atoms with Crippen molar-refractivity contribution in [2.45, 2.75) is 6.92 Å². The van der Waals surface area contributed by atoms with Gasteiger partial charge in [-0.1, -0.05) is 11.6 Å².